The molecule has 0 bridgehead atoms. The summed E-state index contributed by atoms with van der Waals surface area (Å²) in [5.41, 5.74) is 5.07. The Morgan fingerprint density at radius 1 is 1.00 bits per heavy atom. The third-order valence-electron chi connectivity index (χ3n) is 4.30. The van der Waals surface area contributed by atoms with E-state index < -0.39 is 24.3 Å². The Morgan fingerprint density at radius 2 is 1.46 bits per heavy atom. The topological polar surface area (TPSA) is 75.6 Å². The Labute approximate surface area is 171 Å². The summed E-state index contributed by atoms with van der Waals surface area (Å²) in [6.07, 6.45) is -0.235. The number of rotatable bonds is 9. The van der Waals surface area contributed by atoms with Crippen molar-refractivity contribution in [3.63, 3.8) is 0 Å². The van der Waals surface area contributed by atoms with Crippen LogP contribution in [0.3, 0.4) is 0 Å². The molecular weight excluding hydrogens is 375 g/mol. The Hall–Kier alpha value is -0.750. The van der Waals surface area contributed by atoms with Crippen LogP contribution >= 0.6 is 7.60 Å². The van der Waals surface area contributed by atoms with Crippen molar-refractivity contribution < 1.29 is 24.2 Å². The molecule has 6 nitrogen and oxygen atoms in total. The van der Waals surface area contributed by atoms with Gasteiger partial charge < -0.3 is 14.8 Å². The van der Waals surface area contributed by atoms with Gasteiger partial charge in [-0.15, -0.1) is 0 Å². The average Bonchev–Trinajstić information content (AvgIpc) is 2.53. The lowest BCUT2D eigenvalue weighted by atomic mass is 9.94. The van der Waals surface area contributed by atoms with Gasteiger partial charge in [0.1, 0.15) is 17.6 Å². The van der Waals surface area contributed by atoms with Crippen LogP contribution in [-0.2, 0) is 18.5 Å². The van der Waals surface area contributed by atoms with Gasteiger partial charge in [-0.1, -0.05) is 32.9 Å². The molecule has 0 amide bonds. The van der Waals surface area contributed by atoms with Crippen LogP contribution in [0.1, 0.15) is 74.0 Å². The normalized spacial score (nSPS) is 15.7. The molecule has 3 N–H and O–H groups in total. The third kappa shape index (κ3) is 6.65. The first-order valence-electron chi connectivity index (χ1n) is 10.0. The van der Waals surface area contributed by atoms with E-state index in [2.05, 4.69) is 5.73 Å². The van der Waals surface area contributed by atoms with E-state index in [1.807, 2.05) is 91.6 Å². The molecule has 0 aromatic heterocycles. The van der Waals surface area contributed by atoms with Gasteiger partial charge in [0.05, 0.1) is 13.2 Å². The van der Waals surface area contributed by atoms with Crippen LogP contribution in [0.5, 0.6) is 0 Å². The van der Waals surface area contributed by atoms with Gasteiger partial charge in [-0.05, 0) is 64.7 Å². The van der Waals surface area contributed by atoms with Crippen molar-refractivity contribution in [3.8, 4) is 0 Å². The first kappa shape index (κ1) is 25.3. The molecule has 0 aliphatic carbocycles. The first-order chi connectivity index (χ1) is 12.8. The molecule has 162 valence electrons. The standard InChI is InChI=1S/C21H39N2O4P/c1-10-25-28(24,26-11-2)19(20(4,5)6)23(21(7,8)9)27-16(3)17-12-14-18(22)15-13-17/h12-16,19H,10-11,22H2,1-9H3/p+1. The molecule has 0 spiro atoms. The second-order valence-electron chi connectivity index (χ2n) is 9.10. The van der Waals surface area contributed by atoms with Crippen LogP contribution in [0.2, 0.25) is 0 Å². The highest BCUT2D eigenvalue weighted by Gasteiger charge is 2.51. The van der Waals surface area contributed by atoms with E-state index in [4.69, 9.17) is 13.9 Å². The van der Waals surface area contributed by atoms with Gasteiger partial charge in [0.2, 0.25) is 0 Å². The fourth-order valence-electron chi connectivity index (χ4n) is 3.10. The van der Waals surface area contributed by atoms with Crippen LogP contribution in [0.15, 0.2) is 24.3 Å². The smallest absolute Gasteiger partial charge is 0.325 e. The molecule has 28 heavy (non-hydrogen) atoms. The van der Waals surface area contributed by atoms with E-state index in [0.29, 0.717) is 13.2 Å². The first-order valence-corrected chi connectivity index (χ1v) is 11.6. The number of hydrogen-bond donors (Lipinski definition) is 1. The predicted octanol–water partition coefficient (Wildman–Crippen LogP) is 5.29. The van der Waals surface area contributed by atoms with Crippen LogP contribution in [0.25, 0.3) is 0 Å². The van der Waals surface area contributed by atoms with Gasteiger partial charge in [0.15, 0.2) is 0 Å². The molecule has 0 fully saturated rings. The van der Waals surface area contributed by atoms with Gasteiger partial charge in [0, 0.05) is 5.54 Å². The summed E-state index contributed by atoms with van der Waals surface area (Å²) in [5, 5.41) is 1.82. The SMILES string of the molecule is CCOP(=O)(OCC)C(N(OC(C)c1ccc([NH3+])cc1)C(C)(C)C)C(C)(C)C. The second-order valence-corrected chi connectivity index (χ2v) is 11.2. The van der Waals surface area contributed by atoms with E-state index >= 15 is 0 Å². The van der Waals surface area contributed by atoms with Crippen molar-refractivity contribution >= 4 is 13.3 Å². The average molecular weight is 416 g/mol. The fraction of sp³-hybridized carbons (Fsp3) is 0.714. The molecular formula is C21H40N2O4P+. The number of benzene rings is 1. The lowest BCUT2D eigenvalue weighted by Gasteiger charge is -2.48. The molecule has 1 rings (SSSR count). The minimum absolute atomic E-state index is 0.235. The maximum absolute atomic E-state index is 13.8. The molecule has 0 saturated carbocycles. The number of hydroxylamine groups is 2. The number of quaternary nitrogens is 1. The Bertz CT molecular complexity index is 640. The second kappa shape index (κ2) is 9.84. The van der Waals surface area contributed by atoms with E-state index in [9.17, 15) is 4.57 Å². The monoisotopic (exact) mass is 415 g/mol. The highest BCUT2D eigenvalue weighted by Crippen LogP contribution is 2.61. The molecule has 7 heteroatoms. The van der Waals surface area contributed by atoms with Gasteiger partial charge in [-0.3, -0.25) is 9.40 Å². The van der Waals surface area contributed by atoms with E-state index in [1.165, 1.54) is 0 Å². The lowest BCUT2D eigenvalue weighted by molar-refractivity contribution is -0.265. The van der Waals surface area contributed by atoms with E-state index in [0.717, 1.165) is 11.3 Å². The molecule has 0 aliphatic heterocycles. The summed E-state index contributed by atoms with van der Waals surface area (Å²) in [7, 11) is -3.47. The summed E-state index contributed by atoms with van der Waals surface area (Å²) < 4.78 is 25.3. The summed E-state index contributed by atoms with van der Waals surface area (Å²) in [4.78, 5) is 6.45. The molecule has 1 aromatic carbocycles. The van der Waals surface area contributed by atoms with Crippen molar-refractivity contribution in [3.05, 3.63) is 29.8 Å². The van der Waals surface area contributed by atoms with Crippen LogP contribution in [0.4, 0.5) is 5.69 Å². The summed E-state index contributed by atoms with van der Waals surface area (Å²) in [6, 6.07) is 7.93. The fourth-order valence-corrected chi connectivity index (χ4v) is 5.78. The van der Waals surface area contributed by atoms with Crippen molar-refractivity contribution in [1.82, 2.24) is 5.06 Å². The van der Waals surface area contributed by atoms with Crippen molar-refractivity contribution in [2.24, 2.45) is 5.41 Å². The van der Waals surface area contributed by atoms with Crippen molar-refractivity contribution in [2.75, 3.05) is 13.2 Å². The van der Waals surface area contributed by atoms with Gasteiger partial charge in [-0.2, -0.15) is 5.06 Å². The van der Waals surface area contributed by atoms with Crippen LogP contribution < -0.4 is 5.73 Å². The summed E-state index contributed by atoms with van der Waals surface area (Å²) >= 11 is 0. The van der Waals surface area contributed by atoms with Crippen LogP contribution in [0, 0.1) is 5.41 Å². The highest BCUT2D eigenvalue weighted by molar-refractivity contribution is 7.54. The molecule has 0 aliphatic rings. The summed E-state index contributed by atoms with van der Waals surface area (Å²) in [5.74, 6) is -0.575. The van der Waals surface area contributed by atoms with E-state index in [1.54, 1.807) is 0 Å². The quantitative estimate of drug-likeness (QED) is 0.438. The number of nitrogens with zero attached hydrogens (tertiary/aromatic N) is 1. The largest absolute Gasteiger partial charge is 0.350 e. The molecule has 2 unspecified atom stereocenters. The van der Waals surface area contributed by atoms with Gasteiger partial charge in [0.25, 0.3) is 0 Å². The van der Waals surface area contributed by atoms with Gasteiger partial charge >= 0.3 is 7.60 Å². The zero-order valence-electron chi connectivity index (χ0n) is 19.1. The minimum Gasteiger partial charge on any atom is -0.325 e. The maximum Gasteiger partial charge on any atom is 0.350 e. The Balaban J connectivity index is 3.39. The predicted molar refractivity (Wildman–Crippen MR) is 114 cm³/mol. The zero-order chi connectivity index (χ0) is 21.8. The molecule has 2 atom stereocenters. The molecule has 0 saturated heterocycles. The van der Waals surface area contributed by atoms with E-state index in [-0.39, 0.29) is 6.10 Å². The molecule has 1 aromatic rings. The maximum atomic E-state index is 13.8. The Kier molecular flexibility index (Phi) is 8.88. The van der Waals surface area contributed by atoms with Gasteiger partial charge in [-0.25, -0.2) is 0 Å². The van der Waals surface area contributed by atoms with Crippen molar-refractivity contribution in [2.45, 2.75) is 79.7 Å². The molecule has 0 heterocycles. The lowest BCUT2D eigenvalue weighted by Crippen LogP contribution is -2.53. The molecule has 0 radical (unpaired) electrons. The third-order valence-corrected chi connectivity index (χ3v) is 7.12. The zero-order valence-corrected chi connectivity index (χ0v) is 20.0. The van der Waals surface area contributed by atoms with Crippen molar-refractivity contribution in [1.29, 1.82) is 0 Å². The minimum atomic E-state index is -3.47. The number of hydrogen-bond acceptors (Lipinski definition) is 5. The van der Waals surface area contributed by atoms with Crippen LogP contribution in [-0.4, -0.2) is 29.6 Å². The summed E-state index contributed by atoms with van der Waals surface area (Å²) in [6.45, 7) is 18.5. The Morgan fingerprint density at radius 3 is 1.82 bits per heavy atom. The highest BCUT2D eigenvalue weighted by atomic mass is 31.2.